The minimum Gasteiger partial charge on any atom is -0.448 e. The summed E-state index contributed by atoms with van der Waals surface area (Å²) < 4.78 is 6.60. The van der Waals surface area contributed by atoms with E-state index in [0.29, 0.717) is 13.1 Å². The van der Waals surface area contributed by atoms with Gasteiger partial charge in [0.05, 0.1) is 11.9 Å². The van der Waals surface area contributed by atoms with Crippen LogP contribution >= 0.6 is 0 Å². The molecule has 3 N–H and O–H groups in total. The summed E-state index contributed by atoms with van der Waals surface area (Å²) in [5, 5.41) is 3.14. The second-order valence-electron chi connectivity index (χ2n) is 3.85. The summed E-state index contributed by atoms with van der Waals surface area (Å²) in [6, 6.07) is 0. The van der Waals surface area contributed by atoms with E-state index in [-0.39, 0.29) is 6.61 Å². The number of nitrogens with one attached hydrogen (secondary N) is 1. The number of imidazole rings is 1. The first-order valence-corrected chi connectivity index (χ1v) is 5.33. The molecule has 0 aliphatic rings. The first-order chi connectivity index (χ1) is 8.02. The molecule has 1 aromatic rings. The van der Waals surface area contributed by atoms with Crippen molar-refractivity contribution in [3.63, 3.8) is 0 Å². The molecule has 0 fully saturated rings. The number of nitrogens with two attached hydrogens (primary N) is 1. The van der Waals surface area contributed by atoms with Crippen LogP contribution in [0.3, 0.4) is 0 Å². The van der Waals surface area contributed by atoms with Crippen LogP contribution in [0.4, 0.5) is 10.7 Å². The van der Waals surface area contributed by atoms with E-state index in [4.69, 9.17) is 5.73 Å². The predicted octanol–water partition coefficient (Wildman–Crippen LogP) is -0.329. The van der Waals surface area contributed by atoms with Crippen LogP contribution in [0.1, 0.15) is 5.69 Å². The summed E-state index contributed by atoms with van der Waals surface area (Å²) in [7, 11) is 5.85. The van der Waals surface area contributed by atoms with E-state index in [9.17, 15) is 4.79 Å². The van der Waals surface area contributed by atoms with Crippen molar-refractivity contribution in [1.29, 1.82) is 0 Å². The number of rotatable bonds is 6. The van der Waals surface area contributed by atoms with Crippen LogP contribution < -0.4 is 16.0 Å². The van der Waals surface area contributed by atoms with Gasteiger partial charge in [-0.2, -0.15) is 0 Å². The normalized spacial score (nSPS) is 10.3. The zero-order chi connectivity index (χ0) is 12.8. The number of hydrogen-bond donors (Lipinski definition) is 2. The fraction of sp³-hybridized carbons (Fsp3) is 0.600. The molecule has 0 saturated carbocycles. The van der Waals surface area contributed by atoms with Crippen molar-refractivity contribution in [2.45, 2.75) is 6.54 Å². The topological polar surface area (TPSA) is 85.4 Å². The van der Waals surface area contributed by atoms with Crippen LogP contribution in [0.2, 0.25) is 0 Å². The summed E-state index contributed by atoms with van der Waals surface area (Å²) >= 11 is 0. The van der Waals surface area contributed by atoms with Gasteiger partial charge in [-0.3, -0.25) is 0 Å². The Hall–Kier alpha value is -1.76. The van der Waals surface area contributed by atoms with Crippen LogP contribution in [-0.2, 0) is 18.3 Å². The summed E-state index contributed by atoms with van der Waals surface area (Å²) in [5.74, 6) is 0.898. The Bertz CT molecular complexity index is 375. The van der Waals surface area contributed by atoms with Crippen LogP contribution in [0.15, 0.2) is 6.20 Å². The number of ether oxygens (including phenoxy) is 1. The minimum atomic E-state index is -0.748. The number of carbonyl (C=O) groups excluding carboxylic acids is 1. The Morgan fingerprint density at radius 2 is 2.35 bits per heavy atom. The van der Waals surface area contributed by atoms with Crippen molar-refractivity contribution < 1.29 is 9.53 Å². The quantitative estimate of drug-likeness (QED) is 0.666. The van der Waals surface area contributed by atoms with E-state index in [0.717, 1.165) is 11.6 Å². The maximum absolute atomic E-state index is 10.3. The van der Waals surface area contributed by atoms with Crippen molar-refractivity contribution >= 4 is 12.0 Å². The molecule has 1 rings (SSSR count). The average Bonchev–Trinajstić information content (AvgIpc) is 2.59. The van der Waals surface area contributed by atoms with Crippen molar-refractivity contribution in [2.75, 3.05) is 32.1 Å². The van der Waals surface area contributed by atoms with Gasteiger partial charge < -0.3 is 25.3 Å². The highest BCUT2D eigenvalue weighted by Gasteiger charge is 2.07. The Kier molecular flexibility index (Phi) is 4.77. The number of hydrogen-bond acceptors (Lipinski definition) is 5. The first-order valence-electron chi connectivity index (χ1n) is 5.33. The summed E-state index contributed by atoms with van der Waals surface area (Å²) in [4.78, 5) is 16.5. The van der Waals surface area contributed by atoms with Gasteiger partial charge in [0.2, 0.25) is 5.95 Å². The lowest BCUT2D eigenvalue weighted by Gasteiger charge is -2.12. The number of amides is 1. The molecule has 0 aliphatic carbocycles. The molecule has 0 saturated heterocycles. The van der Waals surface area contributed by atoms with Crippen molar-refractivity contribution in [2.24, 2.45) is 12.8 Å². The van der Waals surface area contributed by atoms with E-state index >= 15 is 0 Å². The molecule has 0 bridgehead atoms. The number of nitrogens with zero attached hydrogens (tertiary/aromatic N) is 3. The lowest BCUT2D eigenvalue weighted by Crippen LogP contribution is -2.24. The number of aromatic nitrogens is 2. The lowest BCUT2D eigenvalue weighted by molar-refractivity contribution is 0.157. The molecular formula is C10H19N5O2. The van der Waals surface area contributed by atoms with Gasteiger partial charge in [0, 0.05) is 34.2 Å². The molecule has 96 valence electrons. The van der Waals surface area contributed by atoms with E-state index in [1.54, 1.807) is 0 Å². The fourth-order valence-corrected chi connectivity index (χ4v) is 1.45. The molecule has 0 unspecified atom stereocenters. The predicted molar refractivity (Wildman–Crippen MR) is 64.8 cm³/mol. The van der Waals surface area contributed by atoms with Crippen molar-refractivity contribution in [3.05, 3.63) is 11.9 Å². The Balaban J connectivity index is 2.34. The standard InChI is InChI=1S/C10H19N5O2/c1-14(2)10-13-7-8(15(10)3)6-12-4-5-17-9(11)16/h7,12H,4-6H2,1-3H3,(H2,11,16). The van der Waals surface area contributed by atoms with E-state index in [1.807, 2.05) is 36.8 Å². The molecule has 0 radical (unpaired) electrons. The van der Waals surface area contributed by atoms with Gasteiger partial charge >= 0.3 is 6.09 Å². The maximum atomic E-state index is 10.3. The number of anilines is 1. The highest BCUT2D eigenvalue weighted by Crippen LogP contribution is 2.10. The van der Waals surface area contributed by atoms with E-state index < -0.39 is 6.09 Å². The minimum absolute atomic E-state index is 0.272. The molecule has 17 heavy (non-hydrogen) atoms. The monoisotopic (exact) mass is 241 g/mol. The summed E-state index contributed by atoms with van der Waals surface area (Å²) in [6.45, 7) is 1.50. The molecule has 7 heteroatoms. The van der Waals surface area contributed by atoms with Gasteiger partial charge in [0.1, 0.15) is 6.61 Å². The smallest absolute Gasteiger partial charge is 0.404 e. The molecule has 0 atom stereocenters. The summed E-state index contributed by atoms with van der Waals surface area (Å²) in [6.07, 6.45) is 1.07. The van der Waals surface area contributed by atoms with Gasteiger partial charge in [-0.1, -0.05) is 0 Å². The van der Waals surface area contributed by atoms with E-state index in [1.165, 1.54) is 0 Å². The highest BCUT2D eigenvalue weighted by molar-refractivity contribution is 5.64. The zero-order valence-electron chi connectivity index (χ0n) is 10.4. The second-order valence-corrected chi connectivity index (χ2v) is 3.85. The third kappa shape index (κ3) is 3.95. The van der Waals surface area contributed by atoms with Gasteiger partial charge in [-0.05, 0) is 0 Å². The Morgan fingerprint density at radius 3 is 2.88 bits per heavy atom. The molecule has 0 aromatic carbocycles. The molecule has 1 amide bonds. The van der Waals surface area contributed by atoms with Crippen LogP contribution in [0.5, 0.6) is 0 Å². The van der Waals surface area contributed by atoms with Gasteiger partial charge in [0.25, 0.3) is 0 Å². The summed E-state index contributed by atoms with van der Waals surface area (Å²) in [5.41, 5.74) is 5.90. The third-order valence-electron chi connectivity index (χ3n) is 2.29. The number of primary amides is 1. The van der Waals surface area contributed by atoms with Crippen LogP contribution in [-0.4, -0.2) is 42.9 Å². The highest BCUT2D eigenvalue weighted by atomic mass is 16.5. The molecule has 0 spiro atoms. The first kappa shape index (κ1) is 13.3. The maximum Gasteiger partial charge on any atom is 0.404 e. The third-order valence-corrected chi connectivity index (χ3v) is 2.29. The van der Waals surface area contributed by atoms with Gasteiger partial charge in [0.15, 0.2) is 0 Å². The van der Waals surface area contributed by atoms with Crippen molar-refractivity contribution in [1.82, 2.24) is 14.9 Å². The molecular weight excluding hydrogens is 222 g/mol. The van der Waals surface area contributed by atoms with Crippen molar-refractivity contribution in [3.8, 4) is 0 Å². The molecule has 1 heterocycles. The van der Waals surface area contributed by atoms with Gasteiger partial charge in [-0.25, -0.2) is 9.78 Å². The largest absolute Gasteiger partial charge is 0.448 e. The van der Waals surface area contributed by atoms with Crippen LogP contribution in [0.25, 0.3) is 0 Å². The zero-order valence-corrected chi connectivity index (χ0v) is 10.4. The van der Waals surface area contributed by atoms with E-state index in [2.05, 4.69) is 15.0 Å². The Morgan fingerprint density at radius 1 is 1.65 bits per heavy atom. The lowest BCUT2D eigenvalue weighted by atomic mass is 10.4. The fourth-order valence-electron chi connectivity index (χ4n) is 1.45. The number of carbonyl (C=O) groups is 1. The molecule has 1 aromatic heterocycles. The molecule has 0 aliphatic heterocycles. The Labute approximate surface area is 101 Å². The SMILES string of the molecule is CN(C)c1ncc(CNCCOC(N)=O)n1C. The van der Waals surface area contributed by atoms with Gasteiger partial charge in [-0.15, -0.1) is 0 Å². The second kappa shape index (κ2) is 6.09. The molecule has 7 nitrogen and oxygen atoms in total. The van der Waals surface area contributed by atoms with Crippen LogP contribution in [0, 0.1) is 0 Å². The average molecular weight is 241 g/mol.